The molecule has 146 valence electrons. The Labute approximate surface area is 157 Å². The van der Waals surface area contributed by atoms with Gasteiger partial charge in [0.05, 0.1) is 18.0 Å². The SMILES string of the molecule is CCCCCc1ccc(S(=O)(=O)N2CCN(CC(=O)OCC)CC2)cc1. The number of sulfonamides is 1. The molecule has 1 fully saturated rings. The lowest BCUT2D eigenvalue weighted by molar-refractivity contribution is -0.144. The van der Waals surface area contributed by atoms with Gasteiger partial charge >= 0.3 is 5.97 Å². The number of benzene rings is 1. The van der Waals surface area contributed by atoms with Crippen molar-refractivity contribution in [3.63, 3.8) is 0 Å². The predicted octanol–water partition coefficient (Wildman–Crippen LogP) is 2.29. The zero-order valence-corrected chi connectivity index (χ0v) is 16.6. The molecule has 0 amide bonds. The first-order valence-corrected chi connectivity index (χ1v) is 10.9. The number of nitrogens with zero attached hydrogens (tertiary/aromatic N) is 2. The van der Waals surface area contributed by atoms with E-state index in [0.717, 1.165) is 12.8 Å². The highest BCUT2D eigenvalue weighted by Crippen LogP contribution is 2.19. The van der Waals surface area contributed by atoms with Gasteiger partial charge in [-0.15, -0.1) is 0 Å². The number of carbonyl (C=O) groups excluding carboxylic acids is 1. The van der Waals surface area contributed by atoms with Gasteiger partial charge in [0.2, 0.25) is 10.0 Å². The molecule has 7 heteroatoms. The lowest BCUT2D eigenvalue weighted by Gasteiger charge is -2.33. The number of hydrogen-bond donors (Lipinski definition) is 0. The van der Waals surface area contributed by atoms with Gasteiger partial charge < -0.3 is 4.74 Å². The van der Waals surface area contributed by atoms with Gasteiger partial charge in [0.15, 0.2) is 0 Å². The minimum absolute atomic E-state index is 0.216. The Morgan fingerprint density at radius 2 is 1.69 bits per heavy atom. The molecule has 26 heavy (non-hydrogen) atoms. The Balaban J connectivity index is 1.91. The summed E-state index contributed by atoms with van der Waals surface area (Å²) in [5.41, 5.74) is 1.18. The van der Waals surface area contributed by atoms with Crippen LogP contribution in [0.15, 0.2) is 29.2 Å². The summed E-state index contributed by atoms with van der Waals surface area (Å²) in [6, 6.07) is 7.25. The van der Waals surface area contributed by atoms with Crippen molar-refractivity contribution >= 4 is 16.0 Å². The normalized spacial score (nSPS) is 16.5. The molecule has 1 aliphatic heterocycles. The summed E-state index contributed by atoms with van der Waals surface area (Å²) < 4.78 is 32.1. The Morgan fingerprint density at radius 3 is 2.27 bits per heavy atom. The fourth-order valence-corrected chi connectivity index (χ4v) is 4.50. The van der Waals surface area contributed by atoms with E-state index in [-0.39, 0.29) is 12.5 Å². The molecule has 0 saturated carbocycles. The minimum atomic E-state index is -3.48. The molecule has 0 bridgehead atoms. The van der Waals surface area contributed by atoms with Gasteiger partial charge in [0.25, 0.3) is 0 Å². The second-order valence-electron chi connectivity index (χ2n) is 6.59. The fourth-order valence-electron chi connectivity index (χ4n) is 3.07. The molecule has 1 aromatic carbocycles. The Kier molecular flexibility index (Phi) is 8.06. The van der Waals surface area contributed by atoms with E-state index in [1.165, 1.54) is 22.7 Å². The van der Waals surface area contributed by atoms with Crippen LogP contribution in [0.3, 0.4) is 0 Å². The molecule has 1 saturated heterocycles. The third-order valence-electron chi connectivity index (χ3n) is 4.62. The van der Waals surface area contributed by atoms with Crippen LogP contribution in [-0.4, -0.2) is 62.9 Å². The molecule has 6 nitrogen and oxygen atoms in total. The highest BCUT2D eigenvalue weighted by Gasteiger charge is 2.29. The van der Waals surface area contributed by atoms with Gasteiger partial charge in [-0.05, 0) is 37.5 Å². The number of unbranched alkanes of at least 4 members (excludes halogenated alkanes) is 2. The predicted molar refractivity (Wildman–Crippen MR) is 102 cm³/mol. The summed E-state index contributed by atoms with van der Waals surface area (Å²) >= 11 is 0. The smallest absolute Gasteiger partial charge is 0.320 e. The van der Waals surface area contributed by atoms with Crippen molar-refractivity contribution in [1.29, 1.82) is 0 Å². The van der Waals surface area contributed by atoms with Crippen LogP contribution in [0.2, 0.25) is 0 Å². The number of piperazine rings is 1. The van der Waals surface area contributed by atoms with Crippen LogP contribution in [0.25, 0.3) is 0 Å². The van der Waals surface area contributed by atoms with Crippen LogP contribution in [0.5, 0.6) is 0 Å². The summed E-state index contributed by atoms with van der Waals surface area (Å²) in [5, 5.41) is 0. The van der Waals surface area contributed by atoms with Gasteiger partial charge in [-0.25, -0.2) is 8.42 Å². The summed E-state index contributed by atoms with van der Waals surface area (Å²) in [5.74, 6) is -0.262. The van der Waals surface area contributed by atoms with Crippen LogP contribution >= 0.6 is 0 Å². The number of carbonyl (C=O) groups is 1. The molecular formula is C19H30N2O4S. The maximum absolute atomic E-state index is 12.8. The van der Waals surface area contributed by atoms with Crippen LogP contribution in [-0.2, 0) is 26.0 Å². The van der Waals surface area contributed by atoms with Crippen molar-refractivity contribution in [3.8, 4) is 0 Å². The van der Waals surface area contributed by atoms with Crippen molar-refractivity contribution in [3.05, 3.63) is 29.8 Å². The number of aryl methyl sites for hydroxylation is 1. The lowest BCUT2D eigenvalue weighted by atomic mass is 10.1. The standard InChI is InChI=1S/C19H30N2O4S/c1-3-5-6-7-17-8-10-18(11-9-17)26(23,24)21-14-12-20(13-15-21)16-19(22)25-4-2/h8-11H,3-7,12-16H2,1-2H3. The van der Waals surface area contributed by atoms with Gasteiger partial charge in [-0.2, -0.15) is 4.31 Å². The van der Waals surface area contributed by atoms with Crippen molar-refractivity contribution in [1.82, 2.24) is 9.21 Å². The summed E-state index contributed by atoms with van der Waals surface area (Å²) in [6.45, 7) is 6.37. The first kappa shape index (κ1) is 20.9. The van der Waals surface area contributed by atoms with E-state index in [1.54, 1.807) is 19.1 Å². The van der Waals surface area contributed by atoms with Crippen LogP contribution in [0, 0.1) is 0 Å². The van der Waals surface area contributed by atoms with Gasteiger partial charge in [0.1, 0.15) is 0 Å². The first-order chi connectivity index (χ1) is 12.5. The highest BCUT2D eigenvalue weighted by molar-refractivity contribution is 7.89. The van der Waals surface area contributed by atoms with Crippen LogP contribution in [0.1, 0.15) is 38.7 Å². The largest absolute Gasteiger partial charge is 0.465 e. The van der Waals surface area contributed by atoms with Crippen LogP contribution in [0.4, 0.5) is 0 Å². The first-order valence-electron chi connectivity index (χ1n) is 9.44. The molecule has 0 spiro atoms. The maximum Gasteiger partial charge on any atom is 0.320 e. The highest BCUT2D eigenvalue weighted by atomic mass is 32.2. The molecular weight excluding hydrogens is 352 g/mol. The Morgan fingerprint density at radius 1 is 1.04 bits per heavy atom. The van der Waals surface area contributed by atoms with E-state index >= 15 is 0 Å². The average molecular weight is 383 g/mol. The Bertz CT molecular complexity index is 665. The third kappa shape index (κ3) is 5.79. The molecule has 2 rings (SSSR count). The second-order valence-corrected chi connectivity index (χ2v) is 8.52. The van der Waals surface area contributed by atoms with E-state index < -0.39 is 10.0 Å². The summed E-state index contributed by atoms with van der Waals surface area (Å²) in [6.07, 6.45) is 4.48. The van der Waals surface area contributed by atoms with E-state index in [0.29, 0.717) is 37.7 Å². The van der Waals surface area contributed by atoms with E-state index in [2.05, 4.69) is 6.92 Å². The molecule has 0 unspecified atom stereocenters. The number of esters is 1. The molecule has 1 aliphatic rings. The van der Waals surface area contributed by atoms with Gasteiger partial charge in [0, 0.05) is 26.2 Å². The number of hydrogen-bond acceptors (Lipinski definition) is 5. The quantitative estimate of drug-likeness (QED) is 0.484. The van der Waals surface area contributed by atoms with Crippen molar-refractivity contribution in [2.75, 3.05) is 39.3 Å². The fraction of sp³-hybridized carbons (Fsp3) is 0.632. The van der Waals surface area contributed by atoms with E-state index in [1.807, 2.05) is 17.0 Å². The Hall–Kier alpha value is -1.44. The topological polar surface area (TPSA) is 66.9 Å². The molecule has 1 aromatic rings. The summed E-state index contributed by atoms with van der Waals surface area (Å²) in [4.78, 5) is 13.8. The average Bonchev–Trinajstić information content (AvgIpc) is 2.63. The van der Waals surface area contributed by atoms with E-state index in [4.69, 9.17) is 4.74 Å². The van der Waals surface area contributed by atoms with E-state index in [9.17, 15) is 13.2 Å². The molecule has 0 aliphatic carbocycles. The zero-order valence-electron chi connectivity index (χ0n) is 15.8. The molecule has 1 heterocycles. The molecule has 0 radical (unpaired) electrons. The minimum Gasteiger partial charge on any atom is -0.465 e. The zero-order chi connectivity index (χ0) is 19.0. The lowest BCUT2D eigenvalue weighted by Crippen LogP contribution is -2.49. The number of ether oxygens (including phenoxy) is 1. The molecule has 0 aromatic heterocycles. The van der Waals surface area contributed by atoms with Gasteiger partial charge in [-0.1, -0.05) is 31.9 Å². The van der Waals surface area contributed by atoms with Crippen molar-refractivity contribution < 1.29 is 17.9 Å². The van der Waals surface area contributed by atoms with Gasteiger partial charge in [-0.3, -0.25) is 9.69 Å². The third-order valence-corrected chi connectivity index (χ3v) is 6.53. The molecule has 0 atom stereocenters. The molecule has 0 N–H and O–H groups in total. The van der Waals surface area contributed by atoms with Crippen LogP contribution < -0.4 is 0 Å². The summed E-state index contributed by atoms with van der Waals surface area (Å²) in [7, 11) is -3.48. The van der Waals surface area contributed by atoms with Crippen molar-refractivity contribution in [2.45, 2.75) is 44.4 Å². The van der Waals surface area contributed by atoms with Crippen molar-refractivity contribution in [2.24, 2.45) is 0 Å². The maximum atomic E-state index is 12.8. The monoisotopic (exact) mass is 382 g/mol. The second kappa shape index (κ2) is 10.0. The number of rotatable bonds is 9.